The predicted octanol–water partition coefficient (Wildman–Crippen LogP) is 0.734. The van der Waals surface area contributed by atoms with E-state index in [1.165, 1.54) is 11.1 Å². The van der Waals surface area contributed by atoms with Crippen molar-refractivity contribution in [3.8, 4) is 11.8 Å². The zero-order valence-electron chi connectivity index (χ0n) is 6.82. The first-order valence-electron chi connectivity index (χ1n) is 3.55. The standard InChI is InChI=1S/C8H10N2O2/c1-2-3-4-9-5-6-10(7-9)8(11)12/h5-6H,4,7H2,1H3,(H,11,12). The van der Waals surface area contributed by atoms with Crippen LogP contribution in [0.15, 0.2) is 12.4 Å². The van der Waals surface area contributed by atoms with Crippen LogP contribution in [-0.4, -0.2) is 34.2 Å². The monoisotopic (exact) mass is 166 g/mol. The van der Waals surface area contributed by atoms with Crippen molar-refractivity contribution in [3.05, 3.63) is 12.4 Å². The van der Waals surface area contributed by atoms with Gasteiger partial charge < -0.3 is 10.0 Å². The van der Waals surface area contributed by atoms with E-state index in [1.807, 2.05) is 4.90 Å². The lowest BCUT2D eigenvalue weighted by molar-refractivity contribution is 0.155. The minimum absolute atomic E-state index is 0.379. The van der Waals surface area contributed by atoms with Gasteiger partial charge in [-0.15, -0.1) is 5.92 Å². The molecule has 1 N–H and O–H groups in total. The fraction of sp³-hybridized carbons (Fsp3) is 0.375. The number of nitrogens with zero attached hydrogens (tertiary/aromatic N) is 2. The van der Waals surface area contributed by atoms with Gasteiger partial charge in [-0.25, -0.2) is 4.79 Å². The Hall–Kier alpha value is -1.63. The average molecular weight is 166 g/mol. The molecule has 4 heteroatoms. The van der Waals surface area contributed by atoms with E-state index in [2.05, 4.69) is 11.8 Å². The lowest BCUT2D eigenvalue weighted by Gasteiger charge is -2.14. The summed E-state index contributed by atoms with van der Waals surface area (Å²) in [5, 5.41) is 8.57. The van der Waals surface area contributed by atoms with E-state index in [0.29, 0.717) is 13.2 Å². The Morgan fingerprint density at radius 3 is 2.92 bits per heavy atom. The second-order valence-electron chi connectivity index (χ2n) is 2.37. The molecule has 0 bridgehead atoms. The fourth-order valence-electron chi connectivity index (χ4n) is 0.872. The molecule has 0 unspecified atom stereocenters. The molecule has 0 radical (unpaired) electrons. The molecule has 0 spiro atoms. The summed E-state index contributed by atoms with van der Waals surface area (Å²) in [7, 11) is 0. The third-order valence-corrected chi connectivity index (χ3v) is 1.50. The first kappa shape index (κ1) is 8.47. The number of carboxylic acid groups (broad SMARTS) is 1. The largest absolute Gasteiger partial charge is 0.465 e. The Morgan fingerprint density at radius 1 is 1.67 bits per heavy atom. The van der Waals surface area contributed by atoms with Crippen molar-refractivity contribution in [1.29, 1.82) is 0 Å². The van der Waals surface area contributed by atoms with Crippen LogP contribution in [0.1, 0.15) is 6.92 Å². The molecule has 64 valence electrons. The molecule has 0 aromatic carbocycles. The van der Waals surface area contributed by atoms with E-state index in [1.54, 1.807) is 13.1 Å². The quantitative estimate of drug-likeness (QED) is 0.584. The summed E-state index contributed by atoms with van der Waals surface area (Å²) in [5.41, 5.74) is 0. The topological polar surface area (TPSA) is 43.8 Å². The Kier molecular flexibility index (Phi) is 2.59. The predicted molar refractivity (Wildman–Crippen MR) is 44.0 cm³/mol. The molecular weight excluding hydrogens is 156 g/mol. The molecule has 0 aromatic heterocycles. The third-order valence-electron chi connectivity index (χ3n) is 1.50. The van der Waals surface area contributed by atoms with Gasteiger partial charge in [-0.1, -0.05) is 5.92 Å². The van der Waals surface area contributed by atoms with Gasteiger partial charge in [0.2, 0.25) is 0 Å². The van der Waals surface area contributed by atoms with Crippen LogP contribution in [0.5, 0.6) is 0 Å². The van der Waals surface area contributed by atoms with Crippen molar-refractivity contribution in [2.75, 3.05) is 13.2 Å². The second-order valence-corrected chi connectivity index (χ2v) is 2.37. The molecule has 1 aliphatic rings. The van der Waals surface area contributed by atoms with Gasteiger partial charge in [0, 0.05) is 12.4 Å². The zero-order valence-corrected chi connectivity index (χ0v) is 6.82. The second kappa shape index (κ2) is 3.67. The van der Waals surface area contributed by atoms with Crippen LogP contribution in [0.2, 0.25) is 0 Å². The molecule has 0 atom stereocenters. The van der Waals surface area contributed by atoms with Gasteiger partial charge in [0.1, 0.15) is 6.67 Å². The van der Waals surface area contributed by atoms with Crippen LogP contribution >= 0.6 is 0 Å². The average Bonchev–Trinajstić information content (AvgIpc) is 2.48. The van der Waals surface area contributed by atoms with Crippen molar-refractivity contribution in [2.24, 2.45) is 0 Å². The van der Waals surface area contributed by atoms with Crippen LogP contribution in [0.25, 0.3) is 0 Å². The number of carbonyl (C=O) groups is 1. The van der Waals surface area contributed by atoms with Crippen molar-refractivity contribution in [1.82, 2.24) is 9.80 Å². The van der Waals surface area contributed by atoms with Crippen molar-refractivity contribution < 1.29 is 9.90 Å². The van der Waals surface area contributed by atoms with Gasteiger partial charge in [-0.05, 0) is 6.92 Å². The van der Waals surface area contributed by atoms with E-state index in [4.69, 9.17) is 5.11 Å². The summed E-state index contributed by atoms with van der Waals surface area (Å²) in [6.45, 7) is 2.72. The van der Waals surface area contributed by atoms with E-state index < -0.39 is 6.09 Å². The molecule has 1 heterocycles. The molecule has 0 fully saturated rings. The maximum atomic E-state index is 10.4. The highest BCUT2D eigenvalue weighted by Gasteiger charge is 2.15. The lowest BCUT2D eigenvalue weighted by Crippen LogP contribution is -2.29. The molecule has 4 nitrogen and oxygen atoms in total. The van der Waals surface area contributed by atoms with E-state index in [0.717, 1.165) is 0 Å². The summed E-state index contributed by atoms with van der Waals surface area (Å²) in [5.74, 6) is 5.60. The van der Waals surface area contributed by atoms with Crippen molar-refractivity contribution in [3.63, 3.8) is 0 Å². The molecule has 12 heavy (non-hydrogen) atoms. The summed E-state index contributed by atoms with van der Waals surface area (Å²) in [6.07, 6.45) is 2.32. The number of hydrogen-bond donors (Lipinski definition) is 1. The number of rotatable bonds is 1. The van der Waals surface area contributed by atoms with Gasteiger partial charge in [0.05, 0.1) is 6.54 Å². The Labute approximate surface area is 71.1 Å². The molecular formula is C8H10N2O2. The van der Waals surface area contributed by atoms with E-state index >= 15 is 0 Å². The molecule has 0 saturated heterocycles. The summed E-state index contributed by atoms with van der Waals surface area (Å²) < 4.78 is 0. The summed E-state index contributed by atoms with van der Waals surface area (Å²) >= 11 is 0. The van der Waals surface area contributed by atoms with Gasteiger partial charge >= 0.3 is 6.09 Å². The van der Waals surface area contributed by atoms with Crippen LogP contribution < -0.4 is 0 Å². The maximum Gasteiger partial charge on any atom is 0.412 e. The molecule has 1 aliphatic heterocycles. The van der Waals surface area contributed by atoms with Gasteiger partial charge in [0.25, 0.3) is 0 Å². The SMILES string of the molecule is CC#CCN1C=CN(C(=O)O)C1. The maximum absolute atomic E-state index is 10.4. The number of hydrogen-bond acceptors (Lipinski definition) is 2. The highest BCUT2D eigenvalue weighted by atomic mass is 16.4. The Balaban J connectivity index is 2.40. The van der Waals surface area contributed by atoms with Gasteiger partial charge in [-0.2, -0.15) is 0 Å². The van der Waals surface area contributed by atoms with Crippen LogP contribution in [-0.2, 0) is 0 Å². The van der Waals surface area contributed by atoms with Crippen LogP contribution in [0.3, 0.4) is 0 Å². The van der Waals surface area contributed by atoms with E-state index in [9.17, 15) is 4.79 Å². The Morgan fingerprint density at radius 2 is 2.42 bits per heavy atom. The first-order chi connectivity index (χ1) is 5.74. The Bertz CT molecular complexity index is 262. The molecule has 0 aliphatic carbocycles. The van der Waals surface area contributed by atoms with E-state index in [-0.39, 0.29) is 0 Å². The minimum atomic E-state index is -0.932. The van der Waals surface area contributed by atoms with Gasteiger partial charge in [-0.3, -0.25) is 4.90 Å². The lowest BCUT2D eigenvalue weighted by atomic mass is 10.5. The number of amides is 1. The smallest absolute Gasteiger partial charge is 0.412 e. The van der Waals surface area contributed by atoms with Crippen molar-refractivity contribution >= 4 is 6.09 Å². The molecule has 1 amide bonds. The molecule has 1 rings (SSSR count). The summed E-state index contributed by atoms with van der Waals surface area (Å²) in [6, 6.07) is 0. The van der Waals surface area contributed by atoms with Crippen LogP contribution in [0.4, 0.5) is 4.79 Å². The molecule has 0 saturated carbocycles. The van der Waals surface area contributed by atoms with Gasteiger partial charge in [0.15, 0.2) is 0 Å². The van der Waals surface area contributed by atoms with Crippen LogP contribution in [0, 0.1) is 11.8 Å². The molecule has 0 aromatic rings. The highest BCUT2D eigenvalue weighted by molar-refractivity contribution is 5.66. The third kappa shape index (κ3) is 1.92. The highest BCUT2D eigenvalue weighted by Crippen LogP contribution is 2.04. The van der Waals surface area contributed by atoms with Crippen molar-refractivity contribution in [2.45, 2.75) is 6.92 Å². The normalized spacial score (nSPS) is 14.4. The summed E-state index contributed by atoms with van der Waals surface area (Å²) in [4.78, 5) is 13.5. The zero-order chi connectivity index (χ0) is 8.97. The minimum Gasteiger partial charge on any atom is -0.465 e. The first-order valence-corrected chi connectivity index (χ1v) is 3.55. The fourth-order valence-corrected chi connectivity index (χ4v) is 0.872.